The molecule has 0 saturated heterocycles. The van der Waals surface area contributed by atoms with Crippen molar-refractivity contribution in [2.75, 3.05) is 11.9 Å². The second-order valence-corrected chi connectivity index (χ2v) is 8.48. The number of anilines is 1. The van der Waals surface area contributed by atoms with E-state index in [1.54, 1.807) is 12.1 Å². The summed E-state index contributed by atoms with van der Waals surface area (Å²) in [4.78, 5) is 0.346. The number of rotatable bonds is 3. The molecule has 0 aromatic heterocycles. The van der Waals surface area contributed by atoms with Gasteiger partial charge in [0.05, 0.1) is 17.3 Å². The van der Waals surface area contributed by atoms with Gasteiger partial charge in [-0.3, -0.25) is 0 Å². The summed E-state index contributed by atoms with van der Waals surface area (Å²) in [6.45, 7) is 4.45. The molecule has 0 radical (unpaired) electrons. The topological polar surface area (TPSA) is 55.4 Å². The van der Waals surface area contributed by atoms with Crippen LogP contribution in [-0.4, -0.2) is 20.2 Å². The lowest BCUT2D eigenvalue weighted by molar-refractivity contribution is 0.294. The molecule has 1 atom stereocenters. The fraction of sp³-hybridized carbons (Fsp3) is 0.278. The van der Waals surface area contributed by atoms with Crippen LogP contribution in [-0.2, 0) is 20.3 Å². The Morgan fingerprint density at radius 3 is 2.62 bits per heavy atom. The highest BCUT2D eigenvalue weighted by Crippen LogP contribution is 2.30. The molecule has 24 heavy (non-hydrogen) atoms. The third kappa shape index (κ3) is 3.60. The monoisotopic (exact) mass is 361 g/mol. The third-order valence-corrected chi connectivity index (χ3v) is 6.01. The first-order valence-corrected chi connectivity index (χ1v) is 9.77. The number of ether oxygens (including phenoxy) is 1. The molecule has 0 amide bonds. The second-order valence-electron chi connectivity index (χ2n) is 6.12. The van der Waals surface area contributed by atoms with Crippen LogP contribution in [0, 0.1) is 6.92 Å². The molecule has 1 aliphatic rings. The van der Waals surface area contributed by atoms with Crippen molar-refractivity contribution in [2.24, 2.45) is 0 Å². The Labute approximate surface area is 147 Å². The average Bonchev–Trinajstić information content (AvgIpc) is 2.67. The lowest BCUT2D eigenvalue weighted by Crippen LogP contribution is -2.11. The van der Waals surface area contributed by atoms with E-state index in [9.17, 15) is 8.42 Å². The summed E-state index contributed by atoms with van der Waals surface area (Å²) < 4.78 is 30.7. The number of nitrogens with one attached hydrogen (secondary N) is 1. The van der Waals surface area contributed by atoms with Gasteiger partial charge in [0, 0.05) is 11.6 Å². The predicted molar refractivity (Wildman–Crippen MR) is 99.1 cm³/mol. The minimum absolute atomic E-state index is 0.0264. The Bertz CT molecular complexity index is 874. The molecule has 4 nitrogen and oxygen atoms in total. The van der Waals surface area contributed by atoms with Gasteiger partial charge in [0.2, 0.25) is 0 Å². The molecule has 126 valence electrons. The van der Waals surface area contributed by atoms with Crippen molar-refractivity contribution >= 4 is 32.9 Å². The molecule has 1 unspecified atom stereocenters. The summed E-state index contributed by atoms with van der Waals surface area (Å²) in [7, 11) is -3.37. The van der Waals surface area contributed by atoms with Gasteiger partial charge in [-0.05, 0) is 48.5 Å². The summed E-state index contributed by atoms with van der Waals surface area (Å²) in [6, 6.07) is 12.6. The summed E-state index contributed by atoms with van der Waals surface area (Å²) in [6.07, 6.45) is 0. The molecular weight excluding hydrogens is 342 g/mol. The minimum atomic E-state index is -3.37. The van der Waals surface area contributed by atoms with Gasteiger partial charge in [0.1, 0.15) is 0 Å². The summed E-state index contributed by atoms with van der Waals surface area (Å²) in [5.74, 6) is 0.108. The normalized spacial score (nSPS) is 17.4. The van der Waals surface area contributed by atoms with Gasteiger partial charge in [-0.15, -0.1) is 0 Å². The van der Waals surface area contributed by atoms with Crippen molar-refractivity contribution in [2.45, 2.75) is 30.4 Å². The minimum Gasteiger partial charge on any atom is -0.470 e. The van der Waals surface area contributed by atoms with E-state index < -0.39 is 9.84 Å². The number of benzene rings is 2. The van der Waals surface area contributed by atoms with Crippen molar-refractivity contribution in [3.8, 4) is 0 Å². The zero-order valence-corrected chi connectivity index (χ0v) is 15.2. The molecule has 6 heteroatoms. The Morgan fingerprint density at radius 2 is 1.92 bits per heavy atom. The van der Waals surface area contributed by atoms with Crippen molar-refractivity contribution < 1.29 is 13.2 Å². The Balaban J connectivity index is 1.91. The van der Waals surface area contributed by atoms with E-state index >= 15 is 0 Å². The highest BCUT2D eigenvalue weighted by molar-refractivity contribution is 7.90. The molecule has 0 bridgehead atoms. The number of sulfone groups is 1. The first-order valence-electron chi connectivity index (χ1n) is 7.71. The molecule has 0 fully saturated rings. The number of thiocarbonyl (C=S) groups is 1. The molecule has 1 N–H and O–H groups in total. The molecule has 2 aromatic carbocycles. The van der Waals surface area contributed by atoms with E-state index in [2.05, 4.69) is 5.32 Å². The molecule has 0 aliphatic carbocycles. The van der Waals surface area contributed by atoms with Gasteiger partial charge in [0.15, 0.2) is 9.84 Å². The van der Waals surface area contributed by atoms with Crippen molar-refractivity contribution in [3.05, 3.63) is 59.2 Å². The van der Waals surface area contributed by atoms with Gasteiger partial charge in [-0.1, -0.05) is 36.8 Å². The second kappa shape index (κ2) is 6.53. The van der Waals surface area contributed by atoms with Crippen LogP contribution >= 0.6 is 12.2 Å². The molecular formula is C18H19NO3S2. The molecule has 1 heterocycles. The number of hydrogen-bond acceptors (Lipinski definition) is 4. The quantitative estimate of drug-likeness (QED) is 0.843. The summed E-state index contributed by atoms with van der Waals surface area (Å²) in [5.41, 5.74) is 3.69. The van der Waals surface area contributed by atoms with Gasteiger partial charge < -0.3 is 10.1 Å². The average molecular weight is 361 g/mol. The molecule has 2 aromatic rings. The van der Waals surface area contributed by atoms with E-state index in [0.29, 0.717) is 16.7 Å². The maximum Gasteiger partial charge on any atom is 0.261 e. The van der Waals surface area contributed by atoms with Crippen molar-refractivity contribution in [1.82, 2.24) is 0 Å². The number of hydrogen-bond donors (Lipinski definition) is 1. The van der Waals surface area contributed by atoms with Crippen LogP contribution < -0.4 is 5.32 Å². The fourth-order valence-electron chi connectivity index (χ4n) is 2.71. The van der Waals surface area contributed by atoms with E-state index in [4.69, 9.17) is 17.0 Å². The molecule has 3 rings (SSSR count). The fourth-order valence-corrected chi connectivity index (χ4v) is 4.22. The maximum absolute atomic E-state index is 12.6. The van der Waals surface area contributed by atoms with Crippen LogP contribution in [0.2, 0.25) is 0 Å². The Hall–Kier alpha value is -1.92. The zero-order chi connectivity index (χ0) is 17.3. The zero-order valence-electron chi connectivity index (χ0n) is 13.6. The van der Waals surface area contributed by atoms with Crippen LogP contribution in [0.5, 0.6) is 0 Å². The van der Waals surface area contributed by atoms with Gasteiger partial charge in [-0.25, -0.2) is 8.42 Å². The van der Waals surface area contributed by atoms with Crippen LogP contribution in [0.4, 0.5) is 5.69 Å². The highest BCUT2D eigenvalue weighted by atomic mass is 32.2. The van der Waals surface area contributed by atoms with Gasteiger partial charge in [-0.2, -0.15) is 0 Å². The van der Waals surface area contributed by atoms with E-state index in [0.717, 1.165) is 22.4 Å². The SMILES string of the molecule is Cc1ccc(S(=O)(=O)Cc2ccc3c(c2)C(C)COC(=S)N3)cc1. The molecule has 0 spiro atoms. The summed E-state index contributed by atoms with van der Waals surface area (Å²) >= 11 is 5.09. The highest BCUT2D eigenvalue weighted by Gasteiger charge is 2.20. The van der Waals surface area contributed by atoms with Crippen LogP contribution in [0.25, 0.3) is 0 Å². The Morgan fingerprint density at radius 1 is 1.21 bits per heavy atom. The first kappa shape index (κ1) is 16.9. The molecule has 0 saturated carbocycles. The number of fused-ring (bicyclic) bond motifs is 1. The maximum atomic E-state index is 12.6. The van der Waals surface area contributed by atoms with E-state index in [-0.39, 0.29) is 11.7 Å². The molecule has 1 aliphatic heterocycles. The van der Waals surface area contributed by atoms with Crippen LogP contribution in [0.1, 0.15) is 29.5 Å². The Kier molecular flexibility index (Phi) is 4.60. The van der Waals surface area contributed by atoms with E-state index in [1.807, 2.05) is 44.2 Å². The smallest absolute Gasteiger partial charge is 0.261 e. The standard InChI is InChI=1S/C18H19NO3S2/c1-12-3-6-15(7-4-12)24(20,21)11-14-5-8-17-16(9-14)13(2)10-22-18(23)19-17/h3-9,13H,10-11H2,1-2H3,(H,19,23). The van der Waals surface area contributed by atoms with E-state index in [1.165, 1.54) is 0 Å². The van der Waals surface area contributed by atoms with Crippen molar-refractivity contribution in [3.63, 3.8) is 0 Å². The third-order valence-electron chi connectivity index (χ3n) is 4.08. The largest absolute Gasteiger partial charge is 0.470 e. The summed E-state index contributed by atoms with van der Waals surface area (Å²) in [5, 5.41) is 3.39. The van der Waals surface area contributed by atoms with Crippen molar-refractivity contribution in [1.29, 1.82) is 0 Å². The first-order chi connectivity index (χ1) is 11.3. The van der Waals surface area contributed by atoms with Crippen LogP contribution in [0.3, 0.4) is 0 Å². The lowest BCUT2D eigenvalue weighted by Gasteiger charge is -2.13. The van der Waals surface area contributed by atoms with Gasteiger partial charge >= 0.3 is 0 Å². The van der Waals surface area contributed by atoms with Gasteiger partial charge in [0.25, 0.3) is 5.17 Å². The van der Waals surface area contributed by atoms with Crippen LogP contribution in [0.15, 0.2) is 47.4 Å². The lowest BCUT2D eigenvalue weighted by atomic mass is 9.98. The predicted octanol–water partition coefficient (Wildman–Crippen LogP) is 3.80. The number of aryl methyl sites for hydroxylation is 1.